The number of aliphatic hydroxyl groups is 1. The van der Waals surface area contributed by atoms with Crippen LogP contribution in [-0.4, -0.2) is 35.9 Å². The standard InChI is InChI=1S/C31H61NO3/c1-3-5-7-9-12-16-23-30(24-17-13-10-8-6-4-2)35-31(34)25-18-14-11-15-19-26-32-28-21-20-22-29(33)27-28/h28-30,32-33H,3-27H2,1-2H3/t28-,29+/m1/s1. The molecule has 0 aliphatic heterocycles. The van der Waals surface area contributed by atoms with Crippen molar-refractivity contribution in [2.45, 2.75) is 186 Å². The molecule has 0 unspecified atom stereocenters. The predicted octanol–water partition coefficient (Wildman–Crippen LogP) is 8.63. The molecule has 2 N–H and O–H groups in total. The minimum atomic E-state index is -0.0998. The molecule has 0 aromatic heterocycles. The predicted molar refractivity (Wildman–Crippen MR) is 150 cm³/mol. The summed E-state index contributed by atoms with van der Waals surface area (Å²) in [6.07, 6.45) is 28.2. The van der Waals surface area contributed by atoms with Crippen LogP contribution in [-0.2, 0) is 9.53 Å². The maximum Gasteiger partial charge on any atom is 0.306 e. The Hall–Kier alpha value is -0.610. The van der Waals surface area contributed by atoms with E-state index in [1.807, 2.05) is 0 Å². The first-order valence-electron chi connectivity index (χ1n) is 15.8. The van der Waals surface area contributed by atoms with Gasteiger partial charge in [0, 0.05) is 12.5 Å². The number of esters is 1. The highest BCUT2D eigenvalue weighted by Crippen LogP contribution is 2.19. The van der Waals surface area contributed by atoms with Gasteiger partial charge in [-0.1, -0.05) is 97.3 Å². The molecule has 1 saturated carbocycles. The molecule has 0 heterocycles. The largest absolute Gasteiger partial charge is 0.462 e. The van der Waals surface area contributed by atoms with Crippen molar-refractivity contribution in [3.05, 3.63) is 0 Å². The normalized spacial score (nSPS) is 18.3. The van der Waals surface area contributed by atoms with E-state index in [0.29, 0.717) is 12.5 Å². The summed E-state index contributed by atoms with van der Waals surface area (Å²) >= 11 is 0. The van der Waals surface area contributed by atoms with Crippen molar-refractivity contribution in [2.24, 2.45) is 0 Å². The lowest BCUT2D eigenvalue weighted by Crippen LogP contribution is -2.36. The molecular weight excluding hydrogens is 434 g/mol. The van der Waals surface area contributed by atoms with Gasteiger partial charge in [-0.15, -0.1) is 0 Å². The Morgan fingerprint density at radius 1 is 0.771 bits per heavy atom. The lowest BCUT2D eigenvalue weighted by molar-refractivity contribution is -0.150. The molecule has 0 bridgehead atoms. The first kappa shape index (κ1) is 32.4. The van der Waals surface area contributed by atoms with Crippen LogP contribution in [0.5, 0.6) is 0 Å². The molecule has 1 fully saturated rings. The van der Waals surface area contributed by atoms with Gasteiger partial charge < -0.3 is 15.2 Å². The molecule has 4 nitrogen and oxygen atoms in total. The van der Waals surface area contributed by atoms with Gasteiger partial charge in [-0.2, -0.15) is 0 Å². The zero-order chi connectivity index (χ0) is 25.4. The van der Waals surface area contributed by atoms with Crippen molar-refractivity contribution in [2.75, 3.05) is 6.54 Å². The second-order valence-corrected chi connectivity index (χ2v) is 11.2. The van der Waals surface area contributed by atoms with Crippen molar-refractivity contribution in [1.29, 1.82) is 0 Å². The Labute approximate surface area is 218 Å². The number of hydrogen-bond acceptors (Lipinski definition) is 4. The third-order valence-electron chi connectivity index (χ3n) is 7.69. The SMILES string of the molecule is CCCCCCCCC(CCCCCCCC)OC(=O)CCCCCCCN[C@@H]1CCC[C@H](O)C1. The maximum atomic E-state index is 12.5. The Morgan fingerprint density at radius 3 is 1.91 bits per heavy atom. The molecule has 0 radical (unpaired) electrons. The summed E-state index contributed by atoms with van der Waals surface area (Å²) in [7, 11) is 0. The molecule has 0 aromatic carbocycles. The smallest absolute Gasteiger partial charge is 0.306 e. The van der Waals surface area contributed by atoms with Gasteiger partial charge in [-0.05, 0) is 70.8 Å². The number of aliphatic hydroxyl groups excluding tert-OH is 1. The number of rotatable bonds is 24. The molecular formula is C31H61NO3. The highest BCUT2D eigenvalue weighted by molar-refractivity contribution is 5.69. The number of carbonyl (C=O) groups excluding carboxylic acids is 1. The van der Waals surface area contributed by atoms with E-state index in [1.54, 1.807) is 0 Å². The van der Waals surface area contributed by atoms with Crippen LogP contribution in [0, 0.1) is 0 Å². The van der Waals surface area contributed by atoms with Gasteiger partial charge in [0.05, 0.1) is 6.10 Å². The van der Waals surface area contributed by atoms with Gasteiger partial charge in [0.2, 0.25) is 0 Å². The van der Waals surface area contributed by atoms with Crippen LogP contribution in [0.1, 0.15) is 168 Å². The molecule has 208 valence electrons. The van der Waals surface area contributed by atoms with Crippen LogP contribution >= 0.6 is 0 Å². The quantitative estimate of drug-likeness (QED) is 0.104. The lowest BCUT2D eigenvalue weighted by Gasteiger charge is -2.26. The molecule has 2 atom stereocenters. The molecule has 0 spiro atoms. The fraction of sp³-hybridized carbons (Fsp3) is 0.968. The van der Waals surface area contributed by atoms with Crippen LogP contribution < -0.4 is 5.32 Å². The number of ether oxygens (including phenoxy) is 1. The minimum Gasteiger partial charge on any atom is -0.462 e. The summed E-state index contributed by atoms with van der Waals surface area (Å²) in [4.78, 5) is 12.5. The highest BCUT2D eigenvalue weighted by atomic mass is 16.5. The van der Waals surface area contributed by atoms with Gasteiger partial charge >= 0.3 is 5.97 Å². The van der Waals surface area contributed by atoms with Crippen molar-refractivity contribution in [1.82, 2.24) is 5.32 Å². The van der Waals surface area contributed by atoms with Crippen LogP contribution in [0.4, 0.5) is 0 Å². The van der Waals surface area contributed by atoms with E-state index in [0.717, 1.165) is 51.5 Å². The number of carbonyl (C=O) groups is 1. The molecule has 4 heteroatoms. The van der Waals surface area contributed by atoms with Crippen LogP contribution in [0.2, 0.25) is 0 Å². The monoisotopic (exact) mass is 495 g/mol. The zero-order valence-corrected chi connectivity index (χ0v) is 23.7. The van der Waals surface area contributed by atoms with E-state index < -0.39 is 0 Å². The summed E-state index contributed by atoms with van der Waals surface area (Å²) in [5, 5.41) is 13.4. The summed E-state index contributed by atoms with van der Waals surface area (Å²) in [6, 6.07) is 0.508. The van der Waals surface area contributed by atoms with Crippen LogP contribution in [0.25, 0.3) is 0 Å². The van der Waals surface area contributed by atoms with E-state index in [9.17, 15) is 9.90 Å². The van der Waals surface area contributed by atoms with Crippen molar-refractivity contribution < 1.29 is 14.6 Å². The minimum absolute atomic E-state index is 0.0319. The van der Waals surface area contributed by atoms with Crippen molar-refractivity contribution in [3.8, 4) is 0 Å². The molecule has 35 heavy (non-hydrogen) atoms. The Morgan fingerprint density at radius 2 is 1.31 bits per heavy atom. The third-order valence-corrected chi connectivity index (χ3v) is 7.69. The topological polar surface area (TPSA) is 58.6 Å². The van der Waals surface area contributed by atoms with E-state index in [1.165, 1.54) is 103 Å². The second-order valence-electron chi connectivity index (χ2n) is 11.2. The number of unbranched alkanes of at least 4 members (excludes halogenated alkanes) is 14. The van der Waals surface area contributed by atoms with Crippen molar-refractivity contribution >= 4 is 5.97 Å². The third kappa shape index (κ3) is 20.2. The van der Waals surface area contributed by atoms with Gasteiger partial charge in [0.15, 0.2) is 0 Å². The fourth-order valence-electron chi connectivity index (χ4n) is 5.39. The molecule has 1 aliphatic carbocycles. The van der Waals surface area contributed by atoms with Gasteiger partial charge in [0.1, 0.15) is 6.10 Å². The zero-order valence-electron chi connectivity index (χ0n) is 23.7. The Kier molecular flexibility index (Phi) is 22.0. The van der Waals surface area contributed by atoms with E-state index in [-0.39, 0.29) is 18.2 Å². The average molecular weight is 496 g/mol. The molecule has 0 aromatic rings. The molecule has 1 rings (SSSR count). The Bertz CT molecular complexity index is 454. The summed E-state index contributed by atoms with van der Waals surface area (Å²) in [5.74, 6) is 0.0319. The van der Waals surface area contributed by atoms with E-state index in [2.05, 4.69) is 19.2 Å². The van der Waals surface area contributed by atoms with Crippen LogP contribution in [0.15, 0.2) is 0 Å². The summed E-state index contributed by atoms with van der Waals surface area (Å²) in [5.41, 5.74) is 0. The summed E-state index contributed by atoms with van der Waals surface area (Å²) in [6.45, 7) is 5.58. The lowest BCUT2D eigenvalue weighted by atomic mass is 9.93. The highest BCUT2D eigenvalue weighted by Gasteiger charge is 2.19. The summed E-state index contributed by atoms with van der Waals surface area (Å²) < 4.78 is 5.96. The second kappa shape index (κ2) is 23.8. The average Bonchev–Trinajstić information content (AvgIpc) is 2.85. The van der Waals surface area contributed by atoms with Gasteiger partial charge in [-0.25, -0.2) is 0 Å². The first-order valence-corrected chi connectivity index (χ1v) is 15.8. The van der Waals surface area contributed by atoms with E-state index in [4.69, 9.17) is 4.74 Å². The molecule has 0 amide bonds. The first-order chi connectivity index (χ1) is 17.2. The van der Waals surface area contributed by atoms with E-state index >= 15 is 0 Å². The molecule has 0 saturated heterocycles. The number of hydrogen-bond donors (Lipinski definition) is 2. The van der Waals surface area contributed by atoms with Gasteiger partial charge in [0.25, 0.3) is 0 Å². The molecule has 1 aliphatic rings. The number of nitrogens with one attached hydrogen (secondary N) is 1. The van der Waals surface area contributed by atoms with Crippen molar-refractivity contribution in [3.63, 3.8) is 0 Å². The Balaban J connectivity index is 2.10. The fourth-order valence-corrected chi connectivity index (χ4v) is 5.39. The van der Waals surface area contributed by atoms with Crippen LogP contribution in [0.3, 0.4) is 0 Å². The van der Waals surface area contributed by atoms with Gasteiger partial charge in [-0.3, -0.25) is 4.79 Å². The maximum absolute atomic E-state index is 12.5.